The Labute approximate surface area is 138 Å². The molecule has 2 unspecified atom stereocenters. The highest BCUT2D eigenvalue weighted by Crippen LogP contribution is 2.30. The number of methoxy groups -OCH3 is 2. The van der Waals surface area contributed by atoms with Crippen LogP contribution in [0.15, 0.2) is 12.1 Å². The van der Waals surface area contributed by atoms with E-state index < -0.39 is 0 Å². The van der Waals surface area contributed by atoms with Crippen molar-refractivity contribution in [2.24, 2.45) is 11.7 Å². The molecule has 2 atom stereocenters. The van der Waals surface area contributed by atoms with Crippen molar-refractivity contribution in [2.45, 2.75) is 26.3 Å². The highest BCUT2D eigenvalue weighted by Gasteiger charge is 2.27. The van der Waals surface area contributed by atoms with E-state index in [9.17, 15) is 4.79 Å². The molecule has 5 nitrogen and oxygen atoms in total. The summed E-state index contributed by atoms with van der Waals surface area (Å²) < 4.78 is 10.7. The summed E-state index contributed by atoms with van der Waals surface area (Å²) in [4.78, 5) is 14.5. The highest BCUT2D eigenvalue weighted by molar-refractivity contribution is 5.95. The third-order valence-electron chi connectivity index (χ3n) is 4.26. The molecule has 1 aromatic carbocycles. The smallest absolute Gasteiger partial charge is 0.254 e. The third kappa shape index (κ3) is 3.65. The van der Waals surface area contributed by atoms with Gasteiger partial charge in [0.1, 0.15) is 11.5 Å². The molecule has 6 heteroatoms. The van der Waals surface area contributed by atoms with Gasteiger partial charge in [-0.15, -0.1) is 12.4 Å². The van der Waals surface area contributed by atoms with E-state index in [4.69, 9.17) is 15.2 Å². The van der Waals surface area contributed by atoms with Crippen LogP contribution in [0.3, 0.4) is 0 Å². The number of piperidine rings is 1. The van der Waals surface area contributed by atoms with E-state index in [1.807, 2.05) is 11.8 Å². The van der Waals surface area contributed by atoms with Crippen LogP contribution in [0, 0.1) is 12.8 Å². The second-order valence-corrected chi connectivity index (χ2v) is 5.69. The second kappa shape index (κ2) is 7.70. The largest absolute Gasteiger partial charge is 0.496 e. The van der Waals surface area contributed by atoms with Gasteiger partial charge in [0.25, 0.3) is 5.91 Å². The Morgan fingerprint density at radius 2 is 1.82 bits per heavy atom. The summed E-state index contributed by atoms with van der Waals surface area (Å²) in [5.41, 5.74) is 7.50. The van der Waals surface area contributed by atoms with E-state index in [0.717, 1.165) is 12.0 Å². The van der Waals surface area contributed by atoms with E-state index in [0.29, 0.717) is 36.1 Å². The van der Waals surface area contributed by atoms with Crippen LogP contribution in [0.4, 0.5) is 0 Å². The van der Waals surface area contributed by atoms with Crippen molar-refractivity contribution in [1.29, 1.82) is 0 Å². The summed E-state index contributed by atoms with van der Waals surface area (Å²) in [6.07, 6.45) is 0.840. The van der Waals surface area contributed by atoms with Crippen LogP contribution in [0.2, 0.25) is 0 Å². The zero-order chi connectivity index (χ0) is 15.6. The van der Waals surface area contributed by atoms with Gasteiger partial charge >= 0.3 is 0 Å². The molecule has 1 saturated heterocycles. The molecule has 1 aromatic rings. The predicted molar refractivity (Wildman–Crippen MR) is 89.2 cm³/mol. The minimum Gasteiger partial charge on any atom is -0.496 e. The molecule has 1 fully saturated rings. The number of halogens is 1. The lowest BCUT2D eigenvalue weighted by molar-refractivity contribution is 0.0663. The van der Waals surface area contributed by atoms with Gasteiger partial charge < -0.3 is 20.1 Å². The van der Waals surface area contributed by atoms with Crippen molar-refractivity contribution in [3.05, 3.63) is 23.3 Å². The normalized spacial score (nSPS) is 21.0. The first kappa shape index (κ1) is 18.6. The monoisotopic (exact) mass is 328 g/mol. The van der Waals surface area contributed by atoms with Gasteiger partial charge in [0.2, 0.25) is 0 Å². The van der Waals surface area contributed by atoms with Crippen LogP contribution in [-0.4, -0.2) is 44.2 Å². The summed E-state index contributed by atoms with van der Waals surface area (Å²) in [5.74, 6) is 1.65. The molecular weight excluding hydrogens is 304 g/mol. The van der Waals surface area contributed by atoms with Gasteiger partial charge in [-0.25, -0.2) is 0 Å². The first-order valence-electron chi connectivity index (χ1n) is 7.25. The van der Waals surface area contributed by atoms with E-state index in [-0.39, 0.29) is 24.4 Å². The standard InChI is InChI=1S/C16H24N2O3.ClH/c1-10-9-18(6-5-13(10)17)16(19)12-7-14(20-3)11(2)15(8-12)21-4;/h7-8,10,13H,5-6,9,17H2,1-4H3;1H. The fourth-order valence-corrected chi connectivity index (χ4v) is 2.74. The minimum atomic E-state index is 0. The average Bonchev–Trinajstić information content (AvgIpc) is 2.49. The number of amides is 1. The molecule has 0 saturated carbocycles. The van der Waals surface area contributed by atoms with Crippen molar-refractivity contribution in [3.63, 3.8) is 0 Å². The minimum absolute atomic E-state index is 0. The van der Waals surface area contributed by atoms with Crippen molar-refractivity contribution >= 4 is 18.3 Å². The van der Waals surface area contributed by atoms with Crippen molar-refractivity contribution < 1.29 is 14.3 Å². The Hall–Kier alpha value is -1.46. The average molecular weight is 329 g/mol. The quantitative estimate of drug-likeness (QED) is 0.924. The van der Waals surface area contributed by atoms with Crippen LogP contribution in [0.5, 0.6) is 11.5 Å². The third-order valence-corrected chi connectivity index (χ3v) is 4.26. The number of carbonyl (C=O) groups excluding carboxylic acids is 1. The molecule has 0 aliphatic carbocycles. The molecule has 2 N–H and O–H groups in total. The van der Waals surface area contributed by atoms with Crippen LogP contribution >= 0.6 is 12.4 Å². The van der Waals surface area contributed by atoms with E-state index in [1.54, 1.807) is 26.4 Å². The molecule has 0 spiro atoms. The number of rotatable bonds is 3. The Morgan fingerprint density at radius 3 is 2.27 bits per heavy atom. The van der Waals surface area contributed by atoms with Gasteiger partial charge in [-0.1, -0.05) is 6.92 Å². The molecule has 1 aliphatic heterocycles. The summed E-state index contributed by atoms with van der Waals surface area (Å²) in [6.45, 7) is 5.38. The molecule has 1 aliphatic rings. The lowest BCUT2D eigenvalue weighted by Crippen LogP contribution is -2.48. The van der Waals surface area contributed by atoms with Crippen LogP contribution in [0.25, 0.3) is 0 Å². The van der Waals surface area contributed by atoms with E-state index in [1.165, 1.54) is 0 Å². The molecule has 0 bridgehead atoms. The van der Waals surface area contributed by atoms with Crippen LogP contribution < -0.4 is 15.2 Å². The van der Waals surface area contributed by atoms with Gasteiger partial charge in [0.05, 0.1) is 14.2 Å². The van der Waals surface area contributed by atoms with E-state index >= 15 is 0 Å². The maximum absolute atomic E-state index is 12.7. The summed E-state index contributed by atoms with van der Waals surface area (Å²) in [7, 11) is 3.19. The molecular formula is C16H25ClN2O3. The Kier molecular flexibility index (Phi) is 6.50. The lowest BCUT2D eigenvalue weighted by atomic mass is 9.94. The van der Waals surface area contributed by atoms with Crippen molar-refractivity contribution in [2.75, 3.05) is 27.3 Å². The summed E-state index contributed by atoms with van der Waals surface area (Å²) in [6, 6.07) is 3.73. The molecule has 1 amide bonds. The first-order valence-corrected chi connectivity index (χ1v) is 7.25. The van der Waals surface area contributed by atoms with Crippen molar-refractivity contribution in [1.82, 2.24) is 4.90 Å². The van der Waals surface area contributed by atoms with Crippen molar-refractivity contribution in [3.8, 4) is 11.5 Å². The number of hydrogen-bond donors (Lipinski definition) is 1. The molecule has 1 heterocycles. The number of hydrogen-bond acceptors (Lipinski definition) is 4. The Balaban J connectivity index is 0.00000242. The number of benzene rings is 1. The number of nitrogens with zero attached hydrogens (tertiary/aromatic N) is 1. The number of likely N-dealkylation sites (tertiary alicyclic amines) is 1. The summed E-state index contributed by atoms with van der Waals surface area (Å²) in [5, 5.41) is 0. The second-order valence-electron chi connectivity index (χ2n) is 5.69. The zero-order valence-corrected chi connectivity index (χ0v) is 14.4. The van der Waals surface area contributed by atoms with Gasteiger partial charge in [-0.2, -0.15) is 0 Å². The summed E-state index contributed by atoms with van der Waals surface area (Å²) >= 11 is 0. The maximum atomic E-state index is 12.7. The molecule has 22 heavy (non-hydrogen) atoms. The van der Waals surface area contributed by atoms with Gasteiger partial charge in [-0.3, -0.25) is 4.79 Å². The Morgan fingerprint density at radius 1 is 1.27 bits per heavy atom. The number of carbonyl (C=O) groups is 1. The predicted octanol–water partition coefficient (Wildman–Crippen LogP) is 2.24. The van der Waals surface area contributed by atoms with Gasteiger partial charge in [0.15, 0.2) is 0 Å². The molecule has 0 radical (unpaired) electrons. The molecule has 0 aromatic heterocycles. The maximum Gasteiger partial charge on any atom is 0.254 e. The van der Waals surface area contributed by atoms with Gasteiger partial charge in [0, 0.05) is 30.3 Å². The molecule has 2 rings (SSSR count). The fraction of sp³-hybridized carbons (Fsp3) is 0.562. The van der Waals surface area contributed by atoms with E-state index in [2.05, 4.69) is 6.92 Å². The SMILES string of the molecule is COc1cc(C(=O)N2CCC(N)C(C)C2)cc(OC)c1C.Cl. The lowest BCUT2D eigenvalue weighted by Gasteiger charge is -2.35. The Bertz CT molecular complexity index is 511. The zero-order valence-electron chi connectivity index (χ0n) is 13.6. The fourth-order valence-electron chi connectivity index (χ4n) is 2.74. The van der Waals surface area contributed by atoms with Gasteiger partial charge in [-0.05, 0) is 31.4 Å². The number of ether oxygens (including phenoxy) is 2. The topological polar surface area (TPSA) is 64.8 Å². The van der Waals surface area contributed by atoms with Crippen LogP contribution in [0.1, 0.15) is 29.3 Å². The number of nitrogens with two attached hydrogens (primary N) is 1. The first-order chi connectivity index (χ1) is 9.97. The molecule has 124 valence electrons. The highest BCUT2D eigenvalue weighted by atomic mass is 35.5. The van der Waals surface area contributed by atoms with Crippen LogP contribution in [-0.2, 0) is 0 Å².